The molecule has 18 heavy (non-hydrogen) atoms. The molecule has 0 spiro atoms. The first-order valence-electron chi connectivity index (χ1n) is 5.07. The number of amides is 2. The highest BCUT2D eigenvalue weighted by Gasteiger charge is 2.14. The maximum absolute atomic E-state index is 11.4. The maximum atomic E-state index is 11.4. The van der Waals surface area contributed by atoms with Gasteiger partial charge in [-0.1, -0.05) is 23.2 Å². The molecule has 4 N–H and O–H groups in total. The average molecular weight is 291 g/mol. The smallest absolute Gasteiger partial charge is 0.236 e. The summed E-state index contributed by atoms with van der Waals surface area (Å²) < 4.78 is 0. The molecule has 0 radical (unpaired) electrons. The summed E-state index contributed by atoms with van der Waals surface area (Å²) in [6, 6.07) is 4.55. The number of aliphatic hydroxyl groups is 1. The highest BCUT2D eigenvalue weighted by molar-refractivity contribution is 6.34. The van der Waals surface area contributed by atoms with Crippen molar-refractivity contribution in [3.8, 4) is 0 Å². The van der Waals surface area contributed by atoms with E-state index >= 15 is 0 Å². The van der Waals surface area contributed by atoms with Crippen LogP contribution in [0.4, 0.5) is 0 Å². The third-order valence-electron chi connectivity index (χ3n) is 2.11. The molecule has 0 aromatic heterocycles. The first-order valence-corrected chi connectivity index (χ1v) is 5.83. The fraction of sp³-hybridized carbons (Fsp3) is 0.273. The summed E-state index contributed by atoms with van der Waals surface area (Å²) >= 11 is 11.6. The van der Waals surface area contributed by atoms with Crippen LogP contribution in [0.2, 0.25) is 10.0 Å². The van der Waals surface area contributed by atoms with Gasteiger partial charge in [-0.15, -0.1) is 0 Å². The highest BCUT2D eigenvalue weighted by Crippen LogP contribution is 2.25. The van der Waals surface area contributed by atoms with E-state index in [0.717, 1.165) is 0 Å². The van der Waals surface area contributed by atoms with Crippen molar-refractivity contribution in [3.63, 3.8) is 0 Å². The summed E-state index contributed by atoms with van der Waals surface area (Å²) in [5, 5.41) is 12.8. The normalized spacial score (nSPS) is 11.9. The Morgan fingerprint density at radius 2 is 1.83 bits per heavy atom. The van der Waals surface area contributed by atoms with Crippen LogP contribution >= 0.6 is 23.2 Å². The molecule has 0 aliphatic rings. The summed E-state index contributed by atoms with van der Waals surface area (Å²) in [6.45, 7) is -0.262. The van der Waals surface area contributed by atoms with E-state index in [1.54, 1.807) is 0 Å². The lowest BCUT2D eigenvalue weighted by Crippen LogP contribution is -2.33. The third-order valence-corrected chi connectivity index (χ3v) is 2.54. The number of aliphatic hydroxyl groups excluding tert-OH is 1. The molecule has 1 atom stereocenters. The number of nitrogens with two attached hydrogens (primary N) is 1. The van der Waals surface area contributed by atoms with Crippen molar-refractivity contribution >= 4 is 35.0 Å². The molecule has 0 saturated heterocycles. The quantitative estimate of drug-likeness (QED) is 0.756. The third kappa shape index (κ3) is 4.91. The molecule has 1 rings (SSSR count). The van der Waals surface area contributed by atoms with Crippen LogP contribution in [0.3, 0.4) is 0 Å². The Hall–Kier alpha value is -1.30. The molecule has 0 bridgehead atoms. The summed E-state index contributed by atoms with van der Waals surface area (Å²) in [4.78, 5) is 21.8. The number of benzene rings is 1. The van der Waals surface area contributed by atoms with Crippen molar-refractivity contribution < 1.29 is 14.7 Å². The van der Waals surface area contributed by atoms with Gasteiger partial charge in [0.1, 0.15) is 0 Å². The number of rotatable bonds is 5. The van der Waals surface area contributed by atoms with Crippen LogP contribution in [0.1, 0.15) is 18.1 Å². The molecular weight excluding hydrogens is 279 g/mol. The average Bonchev–Trinajstić information content (AvgIpc) is 2.25. The lowest BCUT2D eigenvalue weighted by atomic mass is 10.1. The molecule has 0 saturated carbocycles. The minimum absolute atomic E-state index is 0.204. The van der Waals surface area contributed by atoms with Gasteiger partial charge < -0.3 is 16.2 Å². The number of hydrogen-bond acceptors (Lipinski definition) is 3. The Labute approximate surface area is 114 Å². The van der Waals surface area contributed by atoms with E-state index in [0.29, 0.717) is 15.6 Å². The Balaban J connectivity index is 2.61. The zero-order valence-corrected chi connectivity index (χ0v) is 10.8. The van der Waals surface area contributed by atoms with Gasteiger partial charge in [-0.05, 0) is 23.8 Å². The summed E-state index contributed by atoms with van der Waals surface area (Å²) in [7, 11) is 0. The largest absolute Gasteiger partial charge is 0.388 e. The monoisotopic (exact) mass is 290 g/mol. The van der Waals surface area contributed by atoms with Gasteiger partial charge in [0.15, 0.2) is 0 Å². The zero-order chi connectivity index (χ0) is 13.7. The van der Waals surface area contributed by atoms with E-state index in [1.165, 1.54) is 18.2 Å². The topological polar surface area (TPSA) is 92.4 Å². The molecular formula is C11H12Cl2N2O3. The van der Waals surface area contributed by atoms with E-state index in [-0.39, 0.29) is 13.0 Å². The van der Waals surface area contributed by atoms with Crippen molar-refractivity contribution in [1.29, 1.82) is 0 Å². The van der Waals surface area contributed by atoms with Crippen LogP contribution in [-0.4, -0.2) is 23.5 Å². The van der Waals surface area contributed by atoms with Gasteiger partial charge in [-0.25, -0.2) is 0 Å². The summed E-state index contributed by atoms with van der Waals surface area (Å²) in [5.41, 5.74) is 5.30. The predicted octanol–water partition coefficient (Wildman–Crippen LogP) is 1.02. The molecule has 5 nitrogen and oxygen atoms in total. The van der Waals surface area contributed by atoms with Gasteiger partial charge in [0, 0.05) is 10.0 Å². The Kier molecular flexibility index (Phi) is 5.40. The van der Waals surface area contributed by atoms with E-state index in [9.17, 15) is 14.7 Å². The Bertz CT molecular complexity index is 445. The highest BCUT2D eigenvalue weighted by atomic mass is 35.5. The fourth-order valence-corrected chi connectivity index (χ4v) is 1.86. The molecule has 1 aromatic carbocycles. The Morgan fingerprint density at radius 1 is 1.28 bits per heavy atom. The van der Waals surface area contributed by atoms with Crippen LogP contribution in [-0.2, 0) is 9.59 Å². The zero-order valence-electron chi connectivity index (χ0n) is 9.32. The van der Waals surface area contributed by atoms with Gasteiger partial charge in [-0.3, -0.25) is 9.59 Å². The number of carbonyl (C=O) groups excluding carboxylic acids is 2. The first kappa shape index (κ1) is 14.8. The van der Waals surface area contributed by atoms with Gasteiger partial charge in [0.05, 0.1) is 19.1 Å². The van der Waals surface area contributed by atoms with Crippen molar-refractivity contribution in [2.24, 2.45) is 5.73 Å². The van der Waals surface area contributed by atoms with Crippen molar-refractivity contribution in [2.45, 2.75) is 12.5 Å². The van der Waals surface area contributed by atoms with Crippen LogP contribution in [0, 0.1) is 0 Å². The number of primary amides is 1. The molecule has 0 aliphatic heterocycles. The second kappa shape index (κ2) is 6.58. The van der Waals surface area contributed by atoms with Gasteiger partial charge >= 0.3 is 0 Å². The first-order chi connectivity index (χ1) is 8.38. The van der Waals surface area contributed by atoms with E-state index in [4.69, 9.17) is 28.9 Å². The van der Waals surface area contributed by atoms with Crippen molar-refractivity contribution in [3.05, 3.63) is 33.8 Å². The molecule has 0 fully saturated rings. The van der Waals surface area contributed by atoms with Crippen molar-refractivity contribution in [2.75, 3.05) is 6.54 Å². The number of carbonyl (C=O) groups is 2. The van der Waals surface area contributed by atoms with Gasteiger partial charge in [-0.2, -0.15) is 0 Å². The summed E-state index contributed by atoms with van der Waals surface area (Å²) in [6.07, 6.45) is -1.25. The predicted molar refractivity (Wildman–Crippen MR) is 68.2 cm³/mol. The molecule has 0 aliphatic carbocycles. The minimum atomic E-state index is -1.05. The number of hydrogen-bond donors (Lipinski definition) is 3. The molecule has 0 heterocycles. The van der Waals surface area contributed by atoms with Crippen LogP contribution in [0.25, 0.3) is 0 Å². The number of nitrogens with one attached hydrogen (secondary N) is 1. The van der Waals surface area contributed by atoms with Gasteiger partial charge in [0.25, 0.3) is 0 Å². The number of halogens is 2. The fourth-order valence-electron chi connectivity index (χ4n) is 1.32. The molecule has 7 heteroatoms. The van der Waals surface area contributed by atoms with E-state index in [2.05, 4.69) is 5.32 Å². The second-order valence-corrected chi connectivity index (χ2v) is 4.54. The molecule has 98 valence electrons. The van der Waals surface area contributed by atoms with Gasteiger partial charge in [0.2, 0.25) is 11.8 Å². The van der Waals surface area contributed by atoms with E-state index < -0.39 is 17.9 Å². The van der Waals surface area contributed by atoms with Crippen LogP contribution < -0.4 is 11.1 Å². The van der Waals surface area contributed by atoms with Crippen LogP contribution in [0.15, 0.2) is 18.2 Å². The molecule has 1 aromatic rings. The lowest BCUT2D eigenvalue weighted by Gasteiger charge is -2.11. The van der Waals surface area contributed by atoms with Crippen molar-refractivity contribution in [1.82, 2.24) is 5.32 Å². The molecule has 1 unspecified atom stereocenters. The Morgan fingerprint density at radius 3 is 2.33 bits per heavy atom. The molecule has 2 amide bonds. The second-order valence-electron chi connectivity index (χ2n) is 3.67. The van der Waals surface area contributed by atoms with E-state index in [1.807, 2.05) is 0 Å². The van der Waals surface area contributed by atoms with Crippen LogP contribution in [0.5, 0.6) is 0 Å². The standard InChI is InChI=1S/C11H12Cl2N2O3/c12-7-1-6(2-8(13)3-7)9(16)4-11(18)15-5-10(14)17/h1-3,9,16H,4-5H2,(H2,14,17)(H,15,18). The summed E-state index contributed by atoms with van der Waals surface area (Å²) in [5.74, 6) is -1.14. The lowest BCUT2D eigenvalue weighted by molar-refractivity contribution is -0.126. The minimum Gasteiger partial charge on any atom is -0.388 e. The SMILES string of the molecule is NC(=O)CNC(=O)CC(O)c1cc(Cl)cc(Cl)c1. The maximum Gasteiger partial charge on any atom is 0.236 e.